The molecule has 208 valence electrons. The van der Waals surface area contributed by atoms with Crippen molar-refractivity contribution >= 4 is 30.2 Å². The number of anilines is 1. The van der Waals surface area contributed by atoms with Crippen LogP contribution in [-0.4, -0.2) is 95.4 Å². The molecular formula is C26H39N7O5. The number of nitrogens with zero attached hydrogens (tertiary/aromatic N) is 5. The molecule has 1 amide bonds. The zero-order valence-corrected chi connectivity index (χ0v) is 22.7. The molecule has 0 aliphatic carbocycles. The minimum atomic E-state index is -1.21. The van der Waals surface area contributed by atoms with Crippen molar-refractivity contribution in [1.82, 2.24) is 14.5 Å². The zero-order valence-electron chi connectivity index (χ0n) is 22.7. The van der Waals surface area contributed by atoms with Crippen molar-refractivity contribution < 1.29 is 24.5 Å². The number of carbonyl (C=O) groups excluding carboxylic acids is 1. The summed E-state index contributed by atoms with van der Waals surface area (Å²) in [5.74, 6) is 0.462. The molecule has 0 unspecified atom stereocenters. The molecule has 1 aromatic heterocycles. The molecule has 1 aliphatic heterocycles. The third-order valence-electron chi connectivity index (χ3n) is 6.42. The lowest BCUT2D eigenvalue weighted by atomic mass is 9.87. The Morgan fingerprint density at radius 3 is 2.58 bits per heavy atom. The van der Waals surface area contributed by atoms with Gasteiger partial charge < -0.3 is 30.3 Å². The number of amides is 1. The van der Waals surface area contributed by atoms with Gasteiger partial charge in [0.15, 0.2) is 12.0 Å². The highest BCUT2D eigenvalue weighted by Crippen LogP contribution is 2.34. The highest BCUT2D eigenvalue weighted by molar-refractivity contribution is 5.99. The number of aliphatic imine (C=N–C) groups is 2. The monoisotopic (exact) mass is 529 g/mol. The first kappa shape index (κ1) is 29.2. The van der Waals surface area contributed by atoms with Gasteiger partial charge in [0.2, 0.25) is 0 Å². The molecule has 0 spiro atoms. The average Bonchev–Trinajstić information content (AvgIpc) is 3.42. The predicted molar refractivity (Wildman–Crippen MR) is 146 cm³/mol. The van der Waals surface area contributed by atoms with Crippen molar-refractivity contribution in [3.63, 3.8) is 0 Å². The van der Waals surface area contributed by atoms with E-state index < -0.39 is 30.6 Å². The van der Waals surface area contributed by atoms with Crippen molar-refractivity contribution in [3.05, 3.63) is 41.9 Å². The van der Waals surface area contributed by atoms with Crippen LogP contribution in [0, 0.1) is 0 Å². The number of hydrogen-bond donors (Lipinski definition) is 4. The SMILES string of the molecule is C=Nc1c(/C(N)=N\C)ncn1[C@@H]1O[C@H](CN(C)CCCOC(=O)Nc2ccc(C(C)(C)C)cc2)[C@@H](O)[C@H]1O. The maximum atomic E-state index is 12.1. The summed E-state index contributed by atoms with van der Waals surface area (Å²) in [5.41, 5.74) is 8.07. The standard InChI is InChI=1S/C26H39N7O5/c1-26(2,3)16-8-10-17(11-9-16)31-25(36)37-13-7-12-32(6)14-18-20(34)21(35)24(38-18)33-15-30-19(22(27)28-4)23(33)29-5/h8-11,15,18,20-21,24,34-35H,5,7,12-14H2,1-4,6H3,(H2,27,28)(H,31,36)/t18-,20-,21-,24-/m1/s1. The highest BCUT2D eigenvalue weighted by Gasteiger charge is 2.44. The molecule has 0 saturated carbocycles. The topological polar surface area (TPSA) is 160 Å². The summed E-state index contributed by atoms with van der Waals surface area (Å²) in [6, 6.07) is 7.69. The van der Waals surface area contributed by atoms with Crippen LogP contribution in [0.5, 0.6) is 0 Å². The van der Waals surface area contributed by atoms with Crippen LogP contribution in [-0.2, 0) is 14.9 Å². The van der Waals surface area contributed by atoms with Gasteiger partial charge in [0.25, 0.3) is 0 Å². The van der Waals surface area contributed by atoms with E-state index in [-0.39, 0.29) is 17.9 Å². The van der Waals surface area contributed by atoms with E-state index in [2.05, 4.69) is 47.8 Å². The number of carbonyl (C=O) groups is 1. The minimum absolute atomic E-state index is 0.0386. The number of amidine groups is 1. The van der Waals surface area contributed by atoms with Gasteiger partial charge in [-0.3, -0.25) is 14.9 Å². The third-order valence-corrected chi connectivity index (χ3v) is 6.42. The number of nitrogens with one attached hydrogen (secondary N) is 1. The summed E-state index contributed by atoms with van der Waals surface area (Å²) < 4.78 is 12.7. The number of aliphatic hydroxyl groups is 2. The van der Waals surface area contributed by atoms with Gasteiger partial charge in [-0.05, 0) is 43.3 Å². The molecule has 12 nitrogen and oxygen atoms in total. The number of aliphatic hydroxyl groups excluding tert-OH is 2. The molecule has 1 fully saturated rings. The Balaban J connectivity index is 1.45. The Kier molecular flexibility index (Phi) is 9.60. The lowest BCUT2D eigenvalue weighted by molar-refractivity contribution is -0.0433. The van der Waals surface area contributed by atoms with E-state index in [0.29, 0.717) is 36.7 Å². The minimum Gasteiger partial charge on any atom is -0.449 e. The van der Waals surface area contributed by atoms with E-state index in [0.717, 1.165) is 0 Å². The molecule has 38 heavy (non-hydrogen) atoms. The molecule has 2 aromatic rings. The van der Waals surface area contributed by atoms with Gasteiger partial charge in [-0.25, -0.2) is 14.8 Å². The first-order chi connectivity index (χ1) is 18.0. The summed E-state index contributed by atoms with van der Waals surface area (Å²) in [7, 11) is 3.39. The fourth-order valence-electron chi connectivity index (χ4n) is 4.20. The molecule has 3 rings (SSSR count). The lowest BCUT2D eigenvalue weighted by Gasteiger charge is -2.22. The van der Waals surface area contributed by atoms with Gasteiger partial charge >= 0.3 is 6.09 Å². The Hall–Kier alpha value is -3.32. The maximum Gasteiger partial charge on any atom is 0.411 e. The van der Waals surface area contributed by atoms with Crippen LogP contribution < -0.4 is 11.1 Å². The molecule has 2 heterocycles. The Bertz CT molecular complexity index is 1130. The number of benzene rings is 1. The van der Waals surface area contributed by atoms with Crippen LogP contribution in [0.2, 0.25) is 0 Å². The van der Waals surface area contributed by atoms with E-state index >= 15 is 0 Å². The Morgan fingerprint density at radius 1 is 1.29 bits per heavy atom. The molecule has 1 aliphatic rings. The summed E-state index contributed by atoms with van der Waals surface area (Å²) in [5, 5.41) is 24.0. The fourth-order valence-corrected chi connectivity index (χ4v) is 4.20. The number of hydrogen-bond acceptors (Lipinski definition) is 9. The van der Waals surface area contributed by atoms with Gasteiger partial charge in [0, 0.05) is 25.8 Å². The van der Waals surface area contributed by atoms with Crippen LogP contribution in [0.1, 0.15) is 44.7 Å². The van der Waals surface area contributed by atoms with E-state index in [9.17, 15) is 15.0 Å². The molecule has 0 bridgehead atoms. The van der Waals surface area contributed by atoms with Crippen molar-refractivity contribution in [2.45, 2.75) is 57.1 Å². The van der Waals surface area contributed by atoms with Crippen molar-refractivity contribution in [3.8, 4) is 0 Å². The van der Waals surface area contributed by atoms with E-state index in [1.807, 2.05) is 36.2 Å². The van der Waals surface area contributed by atoms with E-state index in [4.69, 9.17) is 15.2 Å². The van der Waals surface area contributed by atoms with Gasteiger partial charge in [0.05, 0.1) is 12.9 Å². The molecule has 0 radical (unpaired) electrons. The summed E-state index contributed by atoms with van der Waals surface area (Å²) in [6.07, 6.45) is -2.44. The normalized spacial score (nSPS) is 22.1. The first-order valence-electron chi connectivity index (χ1n) is 12.5. The maximum absolute atomic E-state index is 12.1. The molecule has 12 heteroatoms. The lowest BCUT2D eigenvalue weighted by Crippen LogP contribution is -2.39. The van der Waals surface area contributed by atoms with Gasteiger partial charge in [0.1, 0.15) is 29.8 Å². The summed E-state index contributed by atoms with van der Waals surface area (Å²) >= 11 is 0. The van der Waals surface area contributed by atoms with Gasteiger partial charge in [-0.2, -0.15) is 0 Å². The van der Waals surface area contributed by atoms with E-state index in [1.165, 1.54) is 23.5 Å². The number of aromatic nitrogens is 2. The first-order valence-corrected chi connectivity index (χ1v) is 12.5. The number of nitrogens with two attached hydrogens (primary N) is 1. The largest absolute Gasteiger partial charge is 0.449 e. The quantitative estimate of drug-likeness (QED) is 0.207. The predicted octanol–water partition coefficient (Wildman–Crippen LogP) is 2.04. The second kappa shape index (κ2) is 12.5. The average molecular weight is 530 g/mol. The van der Waals surface area contributed by atoms with Crippen LogP contribution in [0.25, 0.3) is 0 Å². The number of imidazole rings is 1. The van der Waals surface area contributed by atoms with Crippen LogP contribution in [0.15, 0.2) is 40.6 Å². The molecule has 4 atom stereocenters. The third kappa shape index (κ3) is 6.95. The van der Waals surface area contributed by atoms with Gasteiger partial charge in [-0.1, -0.05) is 32.9 Å². The van der Waals surface area contributed by atoms with Crippen LogP contribution >= 0.6 is 0 Å². The Labute approximate surface area is 223 Å². The Morgan fingerprint density at radius 2 is 1.97 bits per heavy atom. The van der Waals surface area contributed by atoms with Crippen LogP contribution in [0.4, 0.5) is 16.3 Å². The highest BCUT2D eigenvalue weighted by atomic mass is 16.6. The molecule has 1 aromatic carbocycles. The molecule has 1 saturated heterocycles. The second-order valence-corrected chi connectivity index (χ2v) is 10.3. The molecular weight excluding hydrogens is 490 g/mol. The molecule has 5 N–H and O–H groups in total. The fraction of sp³-hybridized carbons (Fsp3) is 0.538. The van der Waals surface area contributed by atoms with Gasteiger partial charge in [-0.15, -0.1) is 0 Å². The van der Waals surface area contributed by atoms with Crippen molar-refractivity contribution in [2.24, 2.45) is 15.7 Å². The van der Waals surface area contributed by atoms with Crippen LogP contribution in [0.3, 0.4) is 0 Å². The van der Waals surface area contributed by atoms with Crippen molar-refractivity contribution in [2.75, 3.05) is 39.1 Å². The zero-order chi connectivity index (χ0) is 28.0. The second-order valence-electron chi connectivity index (χ2n) is 10.3. The van der Waals surface area contributed by atoms with Crippen molar-refractivity contribution in [1.29, 1.82) is 0 Å². The summed E-state index contributed by atoms with van der Waals surface area (Å²) in [6.45, 7) is 11.1. The summed E-state index contributed by atoms with van der Waals surface area (Å²) in [4.78, 5) is 26.1. The number of likely N-dealkylation sites (N-methyl/N-ethyl adjacent to an activating group) is 1. The number of ether oxygens (including phenoxy) is 2. The smallest absolute Gasteiger partial charge is 0.411 e. The number of rotatable bonds is 10. The van der Waals surface area contributed by atoms with E-state index in [1.54, 1.807) is 0 Å².